The highest BCUT2D eigenvalue weighted by Crippen LogP contribution is 2.40. The van der Waals surface area contributed by atoms with Crippen molar-refractivity contribution in [3.05, 3.63) is 72.8 Å². The molecule has 0 bridgehead atoms. The summed E-state index contributed by atoms with van der Waals surface area (Å²) >= 11 is 0. The molecule has 0 unspecified atom stereocenters. The number of hydrogen-bond acceptors (Lipinski definition) is 2. The first kappa shape index (κ1) is 12.7. The fourth-order valence-electron chi connectivity index (χ4n) is 3.03. The van der Waals surface area contributed by atoms with Gasteiger partial charge in [0.2, 0.25) is 0 Å². The highest BCUT2D eigenvalue weighted by atomic mass is 16.3. The fourth-order valence-corrected chi connectivity index (χ4v) is 3.03. The third kappa shape index (κ3) is 1.89. The Bertz CT molecular complexity index is 1000. The summed E-state index contributed by atoms with van der Waals surface area (Å²) in [6, 6.07) is 22.9. The monoisotopic (exact) mass is 286 g/mol. The maximum absolute atomic E-state index is 10.4. The Hall–Kier alpha value is -3.00. The minimum Gasteiger partial charge on any atom is -0.508 e. The number of aromatic hydroxyl groups is 2. The Labute approximate surface area is 127 Å². The zero-order valence-corrected chi connectivity index (χ0v) is 11.8. The van der Waals surface area contributed by atoms with Crippen LogP contribution >= 0.6 is 0 Å². The van der Waals surface area contributed by atoms with Gasteiger partial charge in [-0.05, 0) is 45.3 Å². The van der Waals surface area contributed by atoms with Crippen LogP contribution in [0.4, 0.5) is 0 Å². The van der Waals surface area contributed by atoms with Crippen molar-refractivity contribution < 1.29 is 10.2 Å². The fraction of sp³-hybridized carbons (Fsp3) is 0. The van der Waals surface area contributed by atoms with Crippen molar-refractivity contribution in [2.45, 2.75) is 0 Å². The van der Waals surface area contributed by atoms with E-state index in [-0.39, 0.29) is 11.5 Å². The third-order valence-electron chi connectivity index (χ3n) is 4.04. The van der Waals surface area contributed by atoms with Crippen LogP contribution in [-0.4, -0.2) is 10.2 Å². The largest absolute Gasteiger partial charge is 0.508 e. The van der Waals surface area contributed by atoms with E-state index in [1.807, 2.05) is 54.6 Å². The lowest BCUT2D eigenvalue weighted by Gasteiger charge is -2.12. The second-order valence-corrected chi connectivity index (χ2v) is 5.39. The highest BCUT2D eigenvalue weighted by molar-refractivity contribution is 6.07. The van der Waals surface area contributed by atoms with Gasteiger partial charge in [-0.15, -0.1) is 0 Å². The molecule has 0 aliphatic rings. The van der Waals surface area contributed by atoms with Crippen LogP contribution in [0.15, 0.2) is 72.8 Å². The molecule has 0 aliphatic carbocycles. The average molecular weight is 286 g/mol. The zero-order valence-electron chi connectivity index (χ0n) is 11.8. The van der Waals surface area contributed by atoms with Gasteiger partial charge in [0.25, 0.3) is 0 Å². The molecule has 4 aromatic rings. The summed E-state index contributed by atoms with van der Waals surface area (Å²) in [4.78, 5) is 0. The molecular formula is C20H14O2. The Morgan fingerprint density at radius 3 is 2.32 bits per heavy atom. The van der Waals surface area contributed by atoms with Gasteiger partial charge in [0, 0.05) is 5.56 Å². The van der Waals surface area contributed by atoms with Crippen LogP contribution in [0.3, 0.4) is 0 Å². The Balaban J connectivity index is 2.14. The molecule has 0 saturated heterocycles. The van der Waals surface area contributed by atoms with Gasteiger partial charge in [0.15, 0.2) is 0 Å². The van der Waals surface area contributed by atoms with Gasteiger partial charge in [-0.2, -0.15) is 0 Å². The first-order valence-electron chi connectivity index (χ1n) is 7.17. The second kappa shape index (κ2) is 4.78. The van der Waals surface area contributed by atoms with Gasteiger partial charge >= 0.3 is 0 Å². The predicted molar refractivity (Wildman–Crippen MR) is 90.2 cm³/mol. The van der Waals surface area contributed by atoms with E-state index in [1.165, 1.54) is 0 Å². The normalized spacial score (nSPS) is 11.1. The number of rotatable bonds is 1. The van der Waals surface area contributed by atoms with Crippen molar-refractivity contribution in [1.82, 2.24) is 0 Å². The molecule has 0 radical (unpaired) electrons. The number of phenols is 2. The first-order valence-corrected chi connectivity index (χ1v) is 7.17. The van der Waals surface area contributed by atoms with E-state index in [4.69, 9.17) is 0 Å². The van der Waals surface area contributed by atoms with E-state index >= 15 is 0 Å². The smallest absolute Gasteiger partial charge is 0.124 e. The van der Waals surface area contributed by atoms with Crippen LogP contribution in [0.2, 0.25) is 0 Å². The zero-order chi connectivity index (χ0) is 15.1. The maximum atomic E-state index is 10.4. The Morgan fingerprint density at radius 2 is 1.41 bits per heavy atom. The topological polar surface area (TPSA) is 40.5 Å². The molecule has 0 saturated carbocycles. The number of phenolic OH excluding ortho intramolecular Hbond substituents is 2. The van der Waals surface area contributed by atoms with Crippen LogP contribution in [0, 0.1) is 0 Å². The third-order valence-corrected chi connectivity index (χ3v) is 4.04. The summed E-state index contributed by atoms with van der Waals surface area (Å²) in [6.07, 6.45) is 0. The van der Waals surface area contributed by atoms with Gasteiger partial charge in [0.05, 0.1) is 0 Å². The van der Waals surface area contributed by atoms with Crippen LogP contribution in [-0.2, 0) is 0 Å². The van der Waals surface area contributed by atoms with Crippen molar-refractivity contribution in [2.24, 2.45) is 0 Å². The lowest BCUT2D eigenvalue weighted by atomic mass is 9.93. The van der Waals surface area contributed by atoms with Crippen LogP contribution in [0.5, 0.6) is 11.5 Å². The highest BCUT2D eigenvalue weighted by Gasteiger charge is 2.12. The van der Waals surface area contributed by atoms with Crippen molar-refractivity contribution in [3.8, 4) is 22.6 Å². The Kier molecular flexibility index (Phi) is 2.76. The van der Waals surface area contributed by atoms with Gasteiger partial charge in [-0.1, -0.05) is 54.6 Å². The number of hydrogen-bond donors (Lipinski definition) is 2. The molecule has 0 atom stereocenters. The summed E-state index contributed by atoms with van der Waals surface area (Å²) in [6.45, 7) is 0. The lowest BCUT2D eigenvalue weighted by molar-refractivity contribution is 0.476. The van der Waals surface area contributed by atoms with E-state index in [0.717, 1.165) is 32.7 Å². The molecule has 2 nitrogen and oxygen atoms in total. The maximum Gasteiger partial charge on any atom is 0.124 e. The standard InChI is InChI=1S/C20H14O2/c21-15-9-10-16-14(12-15)5-3-7-18(16)20-17-6-2-1-4-13(17)8-11-19(20)22/h1-12,21-22H. The summed E-state index contributed by atoms with van der Waals surface area (Å²) in [5, 5.41) is 24.2. The summed E-state index contributed by atoms with van der Waals surface area (Å²) < 4.78 is 0. The molecular weight excluding hydrogens is 272 g/mol. The molecule has 0 amide bonds. The van der Waals surface area contributed by atoms with Crippen molar-refractivity contribution >= 4 is 21.5 Å². The Morgan fingerprint density at radius 1 is 0.591 bits per heavy atom. The molecule has 0 aromatic heterocycles. The second-order valence-electron chi connectivity index (χ2n) is 5.39. The van der Waals surface area contributed by atoms with Crippen molar-refractivity contribution in [2.75, 3.05) is 0 Å². The lowest BCUT2D eigenvalue weighted by Crippen LogP contribution is -1.85. The first-order chi connectivity index (χ1) is 10.7. The van der Waals surface area contributed by atoms with Gasteiger partial charge in [-0.25, -0.2) is 0 Å². The van der Waals surface area contributed by atoms with E-state index in [2.05, 4.69) is 0 Å². The molecule has 0 spiro atoms. The van der Waals surface area contributed by atoms with Crippen LogP contribution < -0.4 is 0 Å². The molecule has 0 aliphatic heterocycles. The van der Waals surface area contributed by atoms with Gasteiger partial charge < -0.3 is 10.2 Å². The molecule has 0 fully saturated rings. The quantitative estimate of drug-likeness (QED) is 0.513. The van der Waals surface area contributed by atoms with E-state index < -0.39 is 0 Å². The van der Waals surface area contributed by atoms with Gasteiger partial charge in [-0.3, -0.25) is 0 Å². The minimum atomic E-state index is 0.242. The number of fused-ring (bicyclic) bond motifs is 2. The summed E-state index contributed by atoms with van der Waals surface area (Å²) in [5.41, 5.74) is 1.79. The van der Waals surface area contributed by atoms with E-state index in [1.54, 1.807) is 18.2 Å². The number of benzene rings is 4. The van der Waals surface area contributed by atoms with Crippen LogP contribution in [0.1, 0.15) is 0 Å². The average Bonchev–Trinajstić information content (AvgIpc) is 2.54. The molecule has 106 valence electrons. The molecule has 4 aromatic carbocycles. The van der Waals surface area contributed by atoms with E-state index in [9.17, 15) is 10.2 Å². The molecule has 4 rings (SSSR count). The van der Waals surface area contributed by atoms with Gasteiger partial charge in [0.1, 0.15) is 11.5 Å². The predicted octanol–water partition coefficient (Wildman–Crippen LogP) is 5.07. The van der Waals surface area contributed by atoms with Crippen molar-refractivity contribution in [1.29, 1.82) is 0 Å². The molecule has 0 heterocycles. The summed E-state index contributed by atoms with van der Waals surface area (Å²) in [7, 11) is 0. The van der Waals surface area contributed by atoms with Crippen molar-refractivity contribution in [3.63, 3.8) is 0 Å². The minimum absolute atomic E-state index is 0.242. The SMILES string of the molecule is Oc1ccc2c(-c3c(O)ccc4ccccc34)cccc2c1. The molecule has 2 N–H and O–H groups in total. The van der Waals surface area contributed by atoms with Crippen LogP contribution in [0.25, 0.3) is 32.7 Å². The van der Waals surface area contributed by atoms with E-state index in [0.29, 0.717) is 0 Å². The molecule has 2 heteroatoms. The molecule has 22 heavy (non-hydrogen) atoms. The summed E-state index contributed by atoms with van der Waals surface area (Å²) in [5.74, 6) is 0.506.